The number of aromatic carboxylic acids is 1. The van der Waals surface area contributed by atoms with Gasteiger partial charge in [-0.1, -0.05) is 6.07 Å². The van der Waals surface area contributed by atoms with Crippen LogP contribution in [0, 0.1) is 0 Å². The Kier molecular flexibility index (Phi) is 6.76. The monoisotopic (exact) mass is 428 g/mol. The molecule has 0 bridgehead atoms. The zero-order valence-corrected chi connectivity index (χ0v) is 16.4. The first-order valence-electron chi connectivity index (χ1n) is 9.20. The number of carboxylic acids is 1. The minimum atomic E-state index is -3.05. The Bertz CT molecular complexity index is 1080. The number of pyridine rings is 1. The first-order chi connectivity index (χ1) is 14.9. The second kappa shape index (κ2) is 9.66. The standard InChI is InChI=1S/C22H18F2N2O5/c1-2-30-19-12-17(8-9-18(19)31-22(23)24)26(20(27)15-6-4-10-25-13-15)16-7-3-5-14(11-16)21(28)29/h3-13,22H,2H2,1H3,(H,28,29). The van der Waals surface area contributed by atoms with E-state index >= 15 is 0 Å². The van der Waals surface area contributed by atoms with E-state index < -0.39 is 18.5 Å². The Labute approximate surface area is 176 Å². The van der Waals surface area contributed by atoms with Crippen molar-refractivity contribution in [1.82, 2.24) is 4.98 Å². The van der Waals surface area contributed by atoms with E-state index in [1.807, 2.05) is 0 Å². The zero-order chi connectivity index (χ0) is 22.4. The van der Waals surface area contributed by atoms with Crippen LogP contribution in [0.2, 0.25) is 0 Å². The highest BCUT2D eigenvalue weighted by Gasteiger charge is 2.23. The van der Waals surface area contributed by atoms with Crippen LogP contribution in [0.1, 0.15) is 27.6 Å². The van der Waals surface area contributed by atoms with Crippen molar-refractivity contribution in [3.63, 3.8) is 0 Å². The number of nitrogens with zero attached hydrogens (tertiary/aromatic N) is 2. The largest absolute Gasteiger partial charge is 0.490 e. The van der Waals surface area contributed by atoms with Crippen LogP contribution in [-0.4, -0.2) is 35.2 Å². The Balaban J connectivity index is 2.14. The lowest BCUT2D eigenvalue weighted by molar-refractivity contribution is -0.0514. The lowest BCUT2D eigenvalue weighted by atomic mass is 10.1. The van der Waals surface area contributed by atoms with Crippen molar-refractivity contribution < 1.29 is 33.0 Å². The van der Waals surface area contributed by atoms with Gasteiger partial charge in [0.2, 0.25) is 0 Å². The summed E-state index contributed by atoms with van der Waals surface area (Å²) < 4.78 is 35.4. The van der Waals surface area contributed by atoms with E-state index in [2.05, 4.69) is 9.72 Å². The molecule has 0 radical (unpaired) electrons. The number of anilines is 2. The summed E-state index contributed by atoms with van der Waals surface area (Å²) in [4.78, 5) is 29.9. The van der Waals surface area contributed by atoms with E-state index in [0.717, 1.165) is 0 Å². The first kappa shape index (κ1) is 21.7. The number of hydrogen-bond donors (Lipinski definition) is 1. The number of aromatic nitrogens is 1. The first-order valence-corrected chi connectivity index (χ1v) is 9.20. The van der Waals surface area contributed by atoms with Crippen LogP contribution in [0.5, 0.6) is 11.5 Å². The topological polar surface area (TPSA) is 89.0 Å². The van der Waals surface area contributed by atoms with Gasteiger partial charge in [-0.25, -0.2) is 4.79 Å². The minimum absolute atomic E-state index is 0.0127. The lowest BCUT2D eigenvalue weighted by Gasteiger charge is -2.24. The summed E-state index contributed by atoms with van der Waals surface area (Å²) in [6.07, 6.45) is 2.88. The SMILES string of the molecule is CCOc1cc(N(C(=O)c2cccnc2)c2cccc(C(=O)O)c2)ccc1OC(F)F. The van der Waals surface area contributed by atoms with Crippen LogP contribution in [0.3, 0.4) is 0 Å². The Morgan fingerprint density at radius 2 is 1.77 bits per heavy atom. The molecule has 0 unspecified atom stereocenters. The van der Waals surface area contributed by atoms with Gasteiger partial charge in [0.25, 0.3) is 5.91 Å². The quantitative estimate of drug-likeness (QED) is 0.557. The van der Waals surface area contributed by atoms with Gasteiger partial charge >= 0.3 is 12.6 Å². The summed E-state index contributed by atoms with van der Waals surface area (Å²) in [5.41, 5.74) is 0.749. The predicted octanol–water partition coefficient (Wildman–Crippen LogP) is 4.76. The van der Waals surface area contributed by atoms with Gasteiger partial charge < -0.3 is 14.6 Å². The van der Waals surface area contributed by atoms with Crippen molar-refractivity contribution in [3.8, 4) is 11.5 Å². The van der Waals surface area contributed by atoms with Gasteiger partial charge in [-0.15, -0.1) is 0 Å². The van der Waals surface area contributed by atoms with Gasteiger partial charge in [0.1, 0.15) is 0 Å². The van der Waals surface area contributed by atoms with Gasteiger partial charge in [0.05, 0.1) is 29.1 Å². The molecule has 2 aromatic carbocycles. The van der Waals surface area contributed by atoms with E-state index in [1.54, 1.807) is 25.1 Å². The second-order valence-corrected chi connectivity index (χ2v) is 6.18. The number of halogens is 2. The summed E-state index contributed by atoms with van der Waals surface area (Å²) in [6, 6.07) is 13.0. The average Bonchev–Trinajstić information content (AvgIpc) is 2.76. The summed E-state index contributed by atoms with van der Waals surface area (Å²) in [7, 11) is 0. The van der Waals surface area contributed by atoms with Crippen molar-refractivity contribution in [3.05, 3.63) is 78.1 Å². The number of carbonyl (C=O) groups excluding carboxylic acids is 1. The molecule has 7 nitrogen and oxygen atoms in total. The van der Waals surface area contributed by atoms with Gasteiger partial charge in [-0.2, -0.15) is 8.78 Å². The lowest BCUT2D eigenvalue weighted by Crippen LogP contribution is -2.26. The Morgan fingerprint density at radius 1 is 1.03 bits per heavy atom. The van der Waals surface area contributed by atoms with Crippen molar-refractivity contribution >= 4 is 23.3 Å². The molecule has 1 aromatic heterocycles. The van der Waals surface area contributed by atoms with E-state index in [0.29, 0.717) is 0 Å². The fourth-order valence-electron chi connectivity index (χ4n) is 2.88. The molecule has 0 saturated heterocycles. The molecule has 0 saturated carbocycles. The molecule has 3 rings (SSSR count). The summed E-state index contributed by atoms with van der Waals surface area (Å²) in [5, 5.41) is 9.33. The fourth-order valence-corrected chi connectivity index (χ4v) is 2.88. The van der Waals surface area contributed by atoms with E-state index in [-0.39, 0.29) is 40.6 Å². The van der Waals surface area contributed by atoms with Crippen molar-refractivity contribution in [2.24, 2.45) is 0 Å². The number of alkyl halides is 2. The third-order valence-corrected chi connectivity index (χ3v) is 4.16. The number of amides is 1. The van der Waals surface area contributed by atoms with Crippen LogP contribution < -0.4 is 14.4 Å². The summed E-state index contributed by atoms with van der Waals surface area (Å²) >= 11 is 0. The van der Waals surface area contributed by atoms with E-state index in [9.17, 15) is 23.5 Å². The van der Waals surface area contributed by atoms with Crippen molar-refractivity contribution in [2.45, 2.75) is 13.5 Å². The number of benzene rings is 2. The maximum atomic E-state index is 13.3. The maximum Gasteiger partial charge on any atom is 0.387 e. The van der Waals surface area contributed by atoms with Crippen LogP contribution >= 0.6 is 0 Å². The molecular formula is C22H18F2N2O5. The van der Waals surface area contributed by atoms with Crippen LogP contribution in [0.4, 0.5) is 20.2 Å². The fraction of sp³-hybridized carbons (Fsp3) is 0.136. The highest BCUT2D eigenvalue weighted by molar-refractivity contribution is 6.11. The molecule has 0 fully saturated rings. The molecule has 9 heteroatoms. The Hall–Kier alpha value is -4.01. The van der Waals surface area contributed by atoms with Gasteiger partial charge in [-0.3, -0.25) is 14.7 Å². The predicted molar refractivity (Wildman–Crippen MR) is 108 cm³/mol. The van der Waals surface area contributed by atoms with Crippen LogP contribution in [0.15, 0.2) is 67.0 Å². The number of ether oxygens (including phenoxy) is 2. The summed E-state index contributed by atoms with van der Waals surface area (Å²) in [6.45, 7) is -1.20. The average molecular weight is 428 g/mol. The van der Waals surface area contributed by atoms with Gasteiger partial charge in [0.15, 0.2) is 11.5 Å². The van der Waals surface area contributed by atoms with E-state index in [4.69, 9.17) is 4.74 Å². The smallest absolute Gasteiger partial charge is 0.387 e. The molecular weight excluding hydrogens is 410 g/mol. The third kappa shape index (κ3) is 5.13. The number of rotatable bonds is 8. The molecule has 1 heterocycles. The van der Waals surface area contributed by atoms with Crippen LogP contribution in [0.25, 0.3) is 0 Å². The second-order valence-electron chi connectivity index (χ2n) is 6.18. The molecule has 1 N–H and O–H groups in total. The molecule has 3 aromatic rings. The number of carbonyl (C=O) groups is 2. The molecule has 0 aliphatic heterocycles. The third-order valence-electron chi connectivity index (χ3n) is 4.16. The highest BCUT2D eigenvalue weighted by Crippen LogP contribution is 2.36. The molecule has 0 aliphatic rings. The zero-order valence-electron chi connectivity index (χ0n) is 16.4. The Morgan fingerprint density at radius 3 is 2.42 bits per heavy atom. The maximum absolute atomic E-state index is 13.3. The van der Waals surface area contributed by atoms with Crippen molar-refractivity contribution in [1.29, 1.82) is 0 Å². The van der Waals surface area contributed by atoms with E-state index in [1.165, 1.54) is 53.7 Å². The van der Waals surface area contributed by atoms with Gasteiger partial charge in [-0.05, 0) is 49.4 Å². The molecule has 31 heavy (non-hydrogen) atoms. The number of hydrogen-bond acceptors (Lipinski definition) is 5. The van der Waals surface area contributed by atoms with Gasteiger partial charge in [0, 0.05) is 18.5 Å². The summed E-state index contributed by atoms with van der Waals surface area (Å²) in [5.74, 6) is -1.83. The van der Waals surface area contributed by atoms with Crippen molar-refractivity contribution in [2.75, 3.05) is 11.5 Å². The molecule has 1 amide bonds. The minimum Gasteiger partial charge on any atom is -0.490 e. The molecule has 160 valence electrons. The normalized spacial score (nSPS) is 10.6. The molecule has 0 spiro atoms. The number of carboxylic acid groups (broad SMARTS) is 1. The van der Waals surface area contributed by atoms with Crippen LogP contribution in [-0.2, 0) is 0 Å². The highest BCUT2D eigenvalue weighted by atomic mass is 19.3. The molecule has 0 aliphatic carbocycles. The molecule has 0 atom stereocenters.